The number of carbonyl (C=O) groups is 1. The van der Waals surface area contributed by atoms with E-state index in [1.54, 1.807) is 12.4 Å². The van der Waals surface area contributed by atoms with Gasteiger partial charge in [-0.2, -0.15) is 5.26 Å². The summed E-state index contributed by atoms with van der Waals surface area (Å²) in [6.07, 6.45) is 12.0. The summed E-state index contributed by atoms with van der Waals surface area (Å²) in [5, 5.41) is 23.9. The van der Waals surface area contributed by atoms with Crippen molar-refractivity contribution in [1.82, 2.24) is 15.2 Å². The molecule has 1 amide bonds. The minimum Gasteiger partial charge on any atom is -0.393 e. The standard InChI is InChI=1S/C20H30N6O2/c21-16-24-20(25-17-7-12-22-13-8-17)23-11-5-3-1-2-4-6-19(28)26-14-9-18(27)10-15-26/h7-8,12-13,18,27H,1-6,9-11,14-15H2,(H2,22,23,24,25). The summed E-state index contributed by atoms with van der Waals surface area (Å²) in [6, 6.07) is 3.61. The second-order valence-electron chi connectivity index (χ2n) is 6.96. The number of aliphatic imine (C=N–C) groups is 1. The van der Waals surface area contributed by atoms with Gasteiger partial charge < -0.3 is 15.3 Å². The summed E-state index contributed by atoms with van der Waals surface area (Å²) < 4.78 is 0. The number of nitrogens with zero attached hydrogens (tertiary/aromatic N) is 4. The molecule has 8 heteroatoms. The zero-order valence-electron chi connectivity index (χ0n) is 16.3. The molecule has 1 aliphatic heterocycles. The summed E-state index contributed by atoms with van der Waals surface area (Å²) in [6.45, 7) is 2.01. The number of anilines is 1. The molecule has 0 bridgehead atoms. The lowest BCUT2D eigenvalue weighted by molar-refractivity contribution is -0.133. The van der Waals surface area contributed by atoms with Crippen molar-refractivity contribution in [2.75, 3.05) is 25.0 Å². The summed E-state index contributed by atoms with van der Waals surface area (Å²) >= 11 is 0. The number of likely N-dealkylation sites (tertiary alicyclic amines) is 1. The van der Waals surface area contributed by atoms with E-state index in [0.29, 0.717) is 44.9 Å². The summed E-state index contributed by atoms with van der Waals surface area (Å²) in [5.41, 5.74) is 0.824. The van der Waals surface area contributed by atoms with Crippen molar-refractivity contribution >= 4 is 17.6 Å². The molecule has 1 aromatic heterocycles. The van der Waals surface area contributed by atoms with Gasteiger partial charge in [0.25, 0.3) is 0 Å². The molecule has 1 aromatic rings. The molecule has 0 radical (unpaired) electrons. The van der Waals surface area contributed by atoms with Gasteiger partial charge in [0.05, 0.1) is 6.10 Å². The van der Waals surface area contributed by atoms with Gasteiger partial charge in [0.15, 0.2) is 6.19 Å². The number of aliphatic hydroxyl groups is 1. The maximum atomic E-state index is 12.1. The second-order valence-corrected chi connectivity index (χ2v) is 6.96. The molecule has 0 saturated carbocycles. The van der Waals surface area contributed by atoms with Gasteiger partial charge in [-0.05, 0) is 37.8 Å². The van der Waals surface area contributed by atoms with Gasteiger partial charge in [0.1, 0.15) is 0 Å². The van der Waals surface area contributed by atoms with Gasteiger partial charge >= 0.3 is 0 Å². The molecule has 0 aliphatic carbocycles. The Bertz CT molecular complexity index is 650. The first-order chi connectivity index (χ1) is 13.7. The maximum Gasteiger partial charge on any atom is 0.222 e. The quantitative estimate of drug-likeness (QED) is 0.197. The number of nitrogens with one attached hydrogen (secondary N) is 2. The summed E-state index contributed by atoms with van der Waals surface area (Å²) in [7, 11) is 0. The SMILES string of the molecule is N#CNC(=NCCCCCCCC(=O)N1CCC(O)CC1)Nc1ccncc1. The molecule has 2 heterocycles. The number of amides is 1. The molecule has 0 atom stereocenters. The van der Waals surface area contributed by atoms with E-state index >= 15 is 0 Å². The van der Waals surface area contributed by atoms with Crippen molar-refractivity contribution in [2.45, 2.75) is 57.5 Å². The predicted molar refractivity (Wildman–Crippen MR) is 108 cm³/mol. The predicted octanol–water partition coefficient (Wildman–Crippen LogP) is 2.24. The Kier molecular flexibility index (Phi) is 9.80. The van der Waals surface area contributed by atoms with Crippen LogP contribution in [0.25, 0.3) is 0 Å². The van der Waals surface area contributed by atoms with Gasteiger partial charge in [-0.3, -0.25) is 20.1 Å². The summed E-state index contributed by atoms with van der Waals surface area (Å²) in [4.78, 5) is 22.3. The molecule has 0 unspecified atom stereocenters. The van der Waals surface area contributed by atoms with Gasteiger partial charge in [-0.15, -0.1) is 0 Å². The van der Waals surface area contributed by atoms with E-state index in [1.165, 1.54) is 0 Å². The van der Waals surface area contributed by atoms with Gasteiger partial charge in [-0.1, -0.05) is 19.3 Å². The first-order valence-electron chi connectivity index (χ1n) is 10.0. The van der Waals surface area contributed by atoms with Gasteiger partial charge in [0.2, 0.25) is 11.9 Å². The molecule has 2 rings (SSSR count). The highest BCUT2D eigenvalue weighted by molar-refractivity contribution is 5.94. The molecule has 28 heavy (non-hydrogen) atoms. The Labute approximate surface area is 166 Å². The number of pyridine rings is 1. The fourth-order valence-electron chi connectivity index (χ4n) is 3.12. The van der Waals surface area contributed by atoms with Crippen LogP contribution >= 0.6 is 0 Å². The third-order valence-corrected chi connectivity index (χ3v) is 4.75. The highest BCUT2D eigenvalue weighted by atomic mass is 16.3. The van der Waals surface area contributed by atoms with Crippen LogP contribution < -0.4 is 10.6 Å². The molecule has 0 aromatic carbocycles. The van der Waals surface area contributed by atoms with E-state index in [2.05, 4.69) is 20.6 Å². The molecule has 1 aliphatic rings. The molecule has 8 nitrogen and oxygen atoms in total. The average Bonchev–Trinajstić information content (AvgIpc) is 2.71. The lowest BCUT2D eigenvalue weighted by Crippen LogP contribution is -2.39. The number of unbranched alkanes of at least 4 members (excludes halogenated alkanes) is 4. The van der Waals surface area contributed by atoms with Crippen molar-refractivity contribution in [3.8, 4) is 6.19 Å². The van der Waals surface area contributed by atoms with Crippen LogP contribution in [0.1, 0.15) is 51.4 Å². The maximum absolute atomic E-state index is 12.1. The fourth-order valence-corrected chi connectivity index (χ4v) is 3.12. The normalized spacial score (nSPS) is 15.1. The minimum atomic E-state index is -0.240. The van der Waals surface area contributed by atoms with Gasteiger partial charge in [0, 0.05) is 44.1 Å². The third-order valence-electron chi connectivity index (χ3n) is 4.75. The van der Waals surface area contributed by atoms with Crippen molar-refractivity contribution in [3.05, 3.63) is 24.5 Å². The number of aromatic nitrogens is 1. The topological polar surface area (TPSA) is 114 Å². The molecule has 3 N–H and O–H groups in total. The van der Waals surface area contributed by atoms with Crippen molar-refractivity contribution < 1.29 is 9.90 Å². The number of carbonyl (C=O) groups excluding carboxylic acids is 1. The third kappa shape index (κ3) is 8.35. The Morgan fingerprint density at radius 2 is 1.89 bits per heavy atom. The number of hydrogen-bond acceptors (Lipinski definition) is 5. The molecular weight excluding hydrogens is 356 g/mol. The van der Waals surface area contributed by atoms with Crippen LogP contribution in [0.3, 0.4) is 0 Å². The Balaban J connectivity index is 1.54. The first kappa shape index (κ1) is 21.6. The number of piperidine rings is 1. The first-order valence-corrected chi connectivity index (χ1v) is 10.0. The largest absolute Gasteiger partial charge is 0.393 e. The van der Waals surface area contributed by atoms with E-state index < -0.39 is 0 Å². The van der Waals surface area contributed by atoms with Crippen LogP contribution in [0, 0.1) is 11.5 Å². The smallest absolute Gasteiger partial charge is 0.222 e. The van der Waals surface area contributed by atoms with E-state index in [1.807, 2.05) is 23.2 Å². The second kappa shape index (κ2) is 12.7. The van der Waals surface area contributed by atoms with Gasteiger partial charge in [-0.25, -0.2) is 0 Å². The number of guanidine groups is 1. The molecule has 1 fully saturated rings. The van der Waals surface area contributed by atoms with Crippen LogP contribution in [-0.2, 0) is 4.79 Å². The minimum absolute atomic E-state index is 0.214. The molecule has 1 saturated heterocycles. The fraction of sp³-hybridized carbons (Fsp3) is 0.600. The number of aliphatic hydroxyl groups excluding tert-OH is 1. The van der Waals surface area contributed by atoms with Crippen molar-refractivity contribution in [2.24, 2.45) is 4.99 Å². The zero-order valence-corrected chi connectivity index (χ0v) is 16.3. The van der Waals surface area contributed by atoms with Crippen LogP contribution in [0.5, 0.6) is 0 Å². The lowest BCUT2D eigenvalue weighted by atomic mass is 10.1. The van der Waals surface area contributed by atoms with E-state index in [4.69, 9.17) is 5.26 Å². The number of nitriles is 1. The van der Waals surface area contributed by atoms with Crippen LogP contribution in [0.2, 0.25) is 0 Å². The van der Waals surface area contributed by atoms with E-state index in [9.17, 15) is 9.90 Å². The molecule has 152 valence electrons. The van der Waals surface area contributed by atoms with Crippen LogP contribution in [0.4, 0.5) is 5.69 Å². The monoisotopic (exact) mass is 386 g/mol. The highest BCUT2D eigenvalue weighted by Gasteiger charge is 2.20. The van der Waals surface area contributed by atoms with E-state index in [0.717, 1.165) is 37.8 Å². The number of hydrogen-bond donors (Lipinski definition) is 3. The Morgan fingerprint density at radius 3 is 2.61 bits per heavy atom. The van der Waals surface area contributed by atoms with Crippen LogP contribution in [0.15, 0.2) is 29.5 Å². The van der Waals surface area contributed by atoms with E-state index in [-0.39, 0.29) is 12.0 Å². The molecule has 0 spiro atoms. The Morgan fingerprint density at radius 1 is 1.21 bits per heavy atom. The highest BCUT2D eigenvalue weighted by Crippen LogP contribution is 2.13. The van der Waals surface area contributed by atoms with Crippen molar-refractivity contribution in [3.63, 3.8) is 0 Å². The average molecular weight is 387 g/mol. The lowest BCUT2D eigenvalue weighted by Gasteiger charge is -2.29. The molecular formula is C20H30N6O2. The number of rotatable bonds is 9. The Hall–Kier alpha value is -2.66. The van der Waals surface area contributed by atoms with Crippen molar-refractivity contribution in [1.29, 1.82) is 5.26 Å². The van der Waals surface area contributed by atoms with Crippen LogP contribution in [-0.4, -0.2) is 52.6 Å². The zero-order chi connectivity index (χ0) is 20.0. The summed E-state index contributed by atoms with van der Waals surface area (Å²) in [5.74, 6) is 0.650.